The summed E-state index contributed by atoms with van der Waals surface area (Å²) in [5.41, 5.74) is 1.69. The van der Waals surface area contributed by atoms with Gasteiger partial charge in [-0.2, -0.15) is 0 Å². The van der Waals surface area contributed by atoms with Crippen LogP contribution in [0.15, 0.2) is 11.6 Å². The zero-order chi connectivity index (χ0) is 12.8. The predicted molar refractivity (Wildman–Crippen MR) is 71.7 cm³/mol. The lowest BCUT2D eigenvalue weighted by Gasteiger charge is -2.40. The monoisotopic (exact) mass is 234 g/mol. The minimum Gasteiger partial charge on any atom is -0.295 e. The van der Waals surface area contributed by atoms with Crippen LogP contribution in [0.3, 0.4) is 0 Å². The molecule has 0 saturated heterocycles. The van der Waals surface area contributed by atoms with E-state index in [2.05, 4.69) is 34.6 Å². The molecular formula is C16H26O. The summed E-state index contributed by atoms with van der Waals surface area (Å²) in [6.07, 6.45) is 5.26. The van der Waals surface area contributed by atoms with Crippen LogP contribution in [-0.2, 0) is 4.79 Å². The number of ketones is 1. The Morgan fingerprint density at radius 1 is 1.29 bits per heavy atom. The molecule has 2 aliphatic rings. The summed E-state index contributed by atoms with van der Waals surface area (Å²) in [6, 6.07) is 0. The molecule has 3 unspecified atom stereocenters. The Hall–Kier alpha value is -0.590. The molecule has 2 rings (SSSR count). The van der Waals surface area contributed by atoms with Crippen molar-refractivity contribution in [1.82, 2.24) is 0 Å². The predicted octanol–water partition coefficient (Wildman–Crippen LogP) is 4.23. The Balaban J connectivity index is 2.32. The highest BCUT2D eigenvalue weighted by Crippen LogP contribution is 2.58. The van der Waals surface area contributed by atoms with E-state index in [1.165, 1.54) is 18.4 Å². The van der Waals surface area contributed by atoms with Gasteiger partial charge in [0, 0.05) is 6.42 Å². The van der Waals surface area contributed by atoms with Crippen LogP contribution in [0.4, 0.5) is 0 Å². The molecule has 96 valence electrons. The molecule has 0 N–H and O–H groups in total. The summed E-state index contributed by atoms with van der Waals surface area (Å²) in [5, 5.41) is 0. The van der Waals surface area contributed by atoms with Gasteiger partial charge >= 0.3 is 0 Å². The van der Waals surface area contributed by atoms with E-state index in [4.69, 9.17) is 0 Å². The molecule has 1 saturated carbocycles. The van der Waals surface area contributed by atoms with E-state index in [0.717, 1.165) is 24.2 Å². The van der Waals surface area contributed by atoms with Crippen LogP contribution in [-0.4, -0.2) is 5.78 Å². The Labute approximate surface area is 106 Å². The molecular weight excluding hydrogens is 208 g/mol. The third-order valence-electron chi connectivity index (χ3n) is 5.49. The molecule has 0 aromatic rings. The first-order valence-corrected chi connectivity index (χ1v) is 7.08. The van der Waals surface area contributed by atoms with Gasteiger partial charge in [0.2, 0.25) is 0 Å². The molecule has 0 heterocycles. The third-order valence-corrected chi connectivity index (χ3v) is 5.49. The number of carbonyl (C=O) groups is 1. The Morgan fingerprint density at radius 3 is 2.41 bits per heavy atom. The summed E-state index contributed by atoms with van der Waals surface area (Å²) in [6.45, 7) is 11.6. The quantitative estimate of drug-likeness (QED) is 0.663. The zero-order valence-electron chi connectivity index (χ0n) is 11.9. The van der Waals surface area contributed by atoms with Gasteiger partial charge in [0.25, 0.3) is 0 Å². The second-order valence-corrected chi connectivity index (χ2v) is 6.85. The molecule has 17 heavy (non-hydrogen) atoms. The molecule has 0 aliphatic heterocycles. The van der Waals surface area contributed by atoms with Crippen LogP contribution in [0.2, 0.25) is 0 Å². The molecule has 1 heteroatoms. The zero-order valence-corrected chi connectivity index (χ0v) is 11.9. The van der Waals surface area contributed by atoms with E-state index in [1.54, 1.807) is 0 Å². The van der Waals surface area contributed by atoms with Crippen LogP contribution >= 0.6 is 0 Å². The van der Waals surface area contributed by atoms with Crippen LogP contribution in [0, 0.1) is 29.1 Å². The lowest BCUT2D eigenvalue weighted by molar-refractivity contribution is -0.117. The van der Waals surface area contributed by atoms with Gasteiger partial charge < -0.3 is 0 Å². The van der Waals surface area contributed by atoms with Gasteiger partial charge in [-0.05, 0) is 54.9 Å². The van der Waals surface area contributed by atoms with Gasteiger partial charge in [-0.1, -0.05) is 33.3 Å². The molecule has 0 aromatic heterocycles. The van der Waals surface area contributed by atoms with Gasteiger partial charge in [0.15, 0.2) is 5.78 Å². The van der Waals surface area contributed by atoms with Crippen molar-refractivity contribution in [2.75, 3.05) is 0 Å². The Morgan fingerprint density at radius 2 is 1.94 bits per heavy atom. The Kier molecular flexibility index (Phi) is 3.22. The van der Waals surface area contributed by atoms with Gasteiger partial charge in [0.05, 0.1) is 0 Å². The molecule has 4 atom stereocenters. The fourth-order valence-electron chi connectivity index (χ4n) is 4.38. The fraction of sp³-hybridized carbons (Fsp3) is 0.812. The molecule has 2 aliphatic carbocycles. The average molecular weight is 234 g/mol. The number of hydrogen-bond donors (Lipinski definition) is 0. The second kappa shape index (κ2) is 4.26. The maximum atomic E-state index is 11.6. The van der Waals surface area contributed by atoms with Crippen molar-refractivity contribution < 1.29 is 4.79 Å². The molecule has 1 spiro atoms. The minimum absolute atomic E-state index is 0.335. The highest BCUT2D eigenvalue weighted by Gasteiger charge is 2.50. The van der Waals surface area contributed by atoms with Crippen molar-refractivity contribution in [3.05, 3.63) is 11.6 Å². The van der Waals surface area contributed by atoms with Crippen molar-refractivity contribution in [2.45, 2.75) is 53.9 Å². The Bertz CT molecular complexity index is 353. The van der Waals surface area contributed by atoms with Gasteiger partial charge in [0.1, 0.15) is 0 Å². The topological polar surface area (TPSA) is 17.1 Å². The van der Waals surface area contributed by atoms with Gasteiger partial charge in [-0.3, -0.25) is 4.79 Å². The van der Waals surface area contributed by atoms with Gasteiger partial charge in [-0.15, -0.1) is 0 Å². The number of carbonyl (C=O) groups excluding carboxylic acids is 1. The number of rotatable bonds is 1. The maximum absolute atomic E-state index is 11.6. The lowest BCUT2D eigenvalue weighted by Crippen LogP contribution is -2.33. The normalized spacial score (nSPS) is 42.4. The van der Waals surface area contributed by atoms with Crippen molar-refractivity contribution in [3.8, 4) is 0 Å². The SMILES string of the molecule is CC1=CC(=O)C[C@@H](C)C12CC(C)C(C(C)C)C2. The van der Waals surface area contributed by atoms with E-state index in [1.807, 2.05) is 6.08 Å². The summed E-state index contributed by atoms with van der Waals surface area (Å²) >= 11 is 0. The molecule has 0 radical (unpaired) electrons. The first-order valence-electron chi connectivity index (χ1n) is 7.08. The lowest BCUT2D eigenvalue weighted by atomic mass is 9.64. The van der Waals surface area contributed by atoms with E-state index in [0.29, 0.717) is 17.1 Å². The summed E-state index contributed by atoms with van der Waals surface area (Å²) in [4.78, 5) is 11.6. The number of allylic oxidation sites excluding steroid dienone is 2. The largest absolute Gasteiger partial charge is 0.295 e. The first-order chi connectivity index (χ1) is 7.86. The number of hydrogen-bond acceptors (Lipinski definition) is 1. The van der Waals surface area contributed by atoms with Crippen molar-refractivity contribution in [1.29, 1.82) is 0 Å². The van der Waals surface area contributed by atoms with Crippen LogP contribution in [0.1, 0.15) is 53.9 Å². The van der Waals surface area contributed by atoms with E-state index in [9.17, 15) is 4.79 Å². The van der Waals surface area contributed by atoms with Crippen molar-refractivity contribution in [2.24, 2.45) is 29.1 Å². The summed E-state index contributed by atoms with van der Waals surface area (Å²) in [5.74, 6) is 3.26. The average Bonchev–Trinajstić information content (AvgIpc) is 2.55. The summed E-state index contributed by atoms with van der Waals surface area (Å²) < 4.78 is 0. The van der Waals surface area contributed by atoms with Crippen molar-refractivity contribution >= 4 is 5.78 Å². The van der Waals surface area contributed by atoms with Crippen molar-refractivity contribution in [3.63, 3.8) is 0 Å². The van der Waals surface area contributed by atoms with E-state index in [-0.39, 0.29) is 0 Å². The maximum Gasteiger partial charge on any atom is 0.155 e. The molecule has 1 nitrogen and oxygen atoms in total. The fourth-order valence-corrected chi connectivity index (χ4v) is 4.38. The van der Waals surface area contributed by atoms with E-state index >= 15 is 0 Å². The highest BCUT2D eigenvalue weighted by molar-refractivity contribution is 5.91. The van der Waals surface area contributed by atoms with Crippen LogP contribution in [0.5, 0.6) is 0 Å². The summed E-state index contributed by atoms with van der Waals surface area (Å²) in [7, 11) is 0. The molecule has 0 amide bonds. The molecule has 0 aromatic carbocycles. The highest BCUT2D eigenvalue weighted by atomic mass is 16.1. The van der Waals surface area contributed by atoms with E-state index < -0.39 is 0 Å². The van der Waals surface area contributed by atoms with Gasteiger partial charge in [-0.25, -0.2) is 0 Å². The second-order valence-electron chi connectivity index (χ2n) is 6.85. The van der Waals surface area contributed by atoms with Crippen LogP contribution in [0.25, 0.3) is 0 Å². The first kappa shape index (κ1) is 12.9. The third kappa shape index (κ3) is 1.98. The molecule has 0 bridgehead atoms. The smallest absolute Gasteiger partial charge is 0.155 e. The standard InChI is InChI=1S/C16H26O/c1-10(2)15-9-16(8-11(15)3)12(4)6-14(17)7-13(16)5/h6,10-11,13,15H,7-9H2,1-5H3/t11?,13-,15?,16?/m1/s1. The minimum atomic E-state index is 0.335. The molecule has 1 fully saturated rings. The van der Waals surface area contributed by atoms with Crippen LogP contribution < -0.4 is 0 Å².